The summed E-state index contributed by atoms with van der Waals surface area (Å²) in [5, 5.41) is 2.52. The molecule has 7 rings (SSSR count). The third-order valence-electron chi connectivity index (χ3n) is 7.95. The Labute approximate surface area is 248 Å². The van der Waals surface area contributed by atoms with Crippen LogP contribution in [-0.4, -0.2) is 0 Å². The van der Waals surface area contributed by atoms with Crippen molar-refractivity contribution >= 4 is 27.8 Å². The van der Waals surface area contributed by atoms with Crippen LogP contribution < -0.4 is 4.90 Å². The Kier molecular flexibility index (Phi) is 6.84. The lowest BCUT2D eigenvalue weighted by atomic mass is 10.0. The predicted octanol–water partition coefficient (Wildman–Crippen LogP) is 11.6. The van der Waals surface area contributed by atoms with Gasteiger partial charge < -0.3 is 4.90 Å². The number of nitrogens with zero attached hydrogens (tertiary/aromatic N) is 1. The van der Waals surface area contributed by atoms with Crippen LogP contribution in [0.25, 0.3) is 44.2 Å². The molecular weight excluding hydrogens is 506 g/mol. The molecule has 0 spiro atoms. The molecule has 7 aromatic rings. The summed E-state index contributed by atoms with van der Waals surface area (Å²) in [6.45, 7) is 2.12. The van der Waals surface area contributed by atoms with Gasteiger partial charge in [0.2, 0.25) is 0 Å². The Balaban J connectivity index is 1.26. The molecule has 0 atom stereocenters. The van der Waals surface area contributed by atoms with Crippen molar-refractivity contribution in [2.75, 3.05) is 4.90 Å². The first-order valence-electron chi connectivity index (χ1n) is 14.4. The van der Waals surface area contributed by atoms with Gasteiger partial charge in [-0.1, -0.05) is 133 Å². The number of aryl methyl sites for hydroxylation is 1. The lowest BCUT2D eigenvalue weighted by molar-refractivity contribution is 1.28. The van der Waals surface area contributed by atoms with Crippen molar-refractivity contribution in [3.8, 4) is 33.4 Å². The number of rotatable bonds is 6. The van der Waals surface area contributed by atoms with Gasteiger partial charge in [0, 0.05) is 17.1 Å². The van der Waals surface area contributed by atoms with Crippen molar-refractivity contribution in [2.24, 2.45) is 0 Å². The van der Waals surface area contributed by atoms with Gasteiger partial charge in [0.1, 0.15) is 0 Å². The summed E-state index contributed by atoms with van der Waals surface area (Å²) in [4.78, 5) is 2.33. The van der Waals surface area contributed by atoms with Gasteiger partial charge in [0.15, 0.2) is 0 Å². The van der Waals surface area contributed by atoms with E-state index in [2.05, 4.69) is 182 Å². The van der Waals surface area contributed by atoms with E-state index < -0.39 is 0 Å². The average Bonchev–Trinajstić information content (AvgIpc) is 3.06. The second-order valence-corrected chi connectivity index (χ2v) is 10.8. The number of hydrogen-bond donors (Lipinski definition) is 0. The summed E-state index contributed by atoms with van der Waals surface area (Å²) in [6.07, 6.45) is 0. The van der Waals surface area contributed by atoms with Gasteiger partial charge in [0.25, 0.3) is 0 Å². The number of hydrogen-bond acceptors (Lipinski definition) is 1. The van der Waals surface area contributed by atoms with Crippen molar-refractivity contribution in [2.45, 2.75) is 6.92 Å². The maximum Gasteiger partial charge on any atom is 0.0462 e. The summed E-state index contributed by atoms with van der Waals surface area (Å²) in [5.74, 6) is 0. The standard InChI is InChI=1S/C41H31N/c1-30-11-13-33(14-12-30)35-19-25-40(26-20-35)42(39-23-17-34(18-24-39)31-7-3-2-4-8-31)41-27-21-36(22-28-41)38-16-15-32-9-5-6-10-37(32)29-38/h2-29H,1H3. The third-order valence-corrected chi connectivity index (χ3v) is 7.95. The molecule has 0 saturated heterocycles. The molecule has 7 aromatic carbocycles. The molecule has 0 aliphatic carbocycles. The quantitative estimate of drug-likeness (QED) is 0.204. The first-order chi connectivity index (χ1) is 20.7. The van der Waals surface area contributed by atoms with Crippen LogP contribution in [0.5, 0.6) is 0 Å². The second-order valence-electron chi connectivity index (χ2n) is 10.8. The van der Waals surface area contributed by atoms with Crippen LogP contribution in [0.3, 0.4) is 0 Å². The second kappa shape index (κ2) is 11.2. The molecule has 0 fully saturated rings. The van der Waals surface area contributed by atoms with Crippen molar-refractivity contribution < 1.29 is 0 Å². The van der Waals surface area contributed by atoms with E-state index in [0.717, 1.165) is 17.1 Å². The zero-order valence-electron chi connectivity index (χ0n) is 23.6. The fourth-order valence-corrected chi connectivity index (χ4v) is 5.60. The Hall–Kier alpha value is -5.40. The van der Waals surface area contributed by atoms with Gasteiger partial charge in [-0.25, -0.2) is 0 Å². The van der Waals surface area contributed by atoms with Crippen molar-refractivity contribution in [1.29, 1.82) is 0 Å². The maximum atomic E-state index is 2.33. The van der Waals surface area contributed by atoms with E-state index >= 15 is 0 Å². The van der Waals surface area contributed by atoms with E-state index in [0.29, 0.717) is 0 Å². The Morgan fingerprint density at radius 2 is 0.690 bits per heavy atom. The van der Waals surface area contributed by atoms with E-state index in [4.69, 9.17) is 0 Å². The highest BCUT2D eigenvalue weighted by molar-refractivity contribution is 5.88. The molecule has 42 heavy (non-hydrogen) atoms. The Bertz CT molecular complexity index is 1940. The predicted molar refractivity (Wildman–Crippen MR) is 180 cm³/mol. The SMILES string of the molecule is Cc1ccc(-c2ccc(N(c3ccc(-c4ccccc4)cc3)c3ccc(-c4ccc5ccccc5c4)cc3)cc2)cc1. The molecular formula is C41H31N. The number of fused-ring (bicyclic) bond motifs is 1. The largest absolute Gasteiger partial charge is 0.311 e. The first kappa shape index (κ1) is 25.6. The molecule has 200 valence electrons. The smallest absolute Gasteiger partial charge is 0.0462 e. The van der Waals surface area contributed by atoms with Gasteiger partial charge in [0.05, 0.1) is 0 Å². The van der Waals surface area contributed by atoms with Gasteiger partial charge in [-0.05, 0) is 93.5 Å². The Morgan fingerprint density at radius 3 is 1.21 bits per heavy atom. The molecule has 1 nitrogen and oxygen atoms in total. The van der Waals surface area contributed by atoms with Crippen LogP contribution in [0.2, 0.25) is 0 Å². The van der Waals surface area contributed by atoms with Gasteiger partial charge >= 0.3 is 0 Å². The van der Waals surface area contributed by atoms with Gasteiger partial charge in [-0.3, -0.25) is 0 Å². The molecule has 0 saturated carbocycles. The minimum atomic E-state index is 1.12. The lowest BCUT2D eigenvalue weighted by Gasteiger charge is -2.26. The maximum absolute atomic E-state index is 2.33. The van der Waals surface area contributed by atoms with Crippen LogP contribution in [-0.2, 0) is 0 Å². The number of benzene rings is 7. The van der Waals surface area contributed by atoms with Crippen LogP contribution >= 0.6 is 0 Å². The van der Waals surface area contributed by atoms with E-state index in [1.54, 1.807) is 0 Å². The molecule has 0 heterocycles. The third kappa shape index (κ3) is 5.21. The zero-order chi connectivity index (χ0) is 28.3. The molecule has 0 aromatic heterocycles. The average molecular weight is 538 g/mol. The monoisotopic (exact) mass is 537 g/mol. The molecule has 0 radical (unpaired) electrons. The first-order valence-corrected chi connectivity index (χ1v) is 14.4. The van der Waals surface area contributed by atoms with Crippen molar-refractivity contribution in [1.82, 2.24) is 0 Å². The molecule has 0 unspecified atom stereocenters. The molecule has 0 amide bonds. The topological polar surface area (TPSA) is 3.24 Å². The van der Waals surface area contributed by atoms with E-state index in [9.17, 15) is 0 Å². The fourth-order valence-electron chi connectivity index (χ4n) is 5.60. The molecule has 0 aliphatic heterocycles. The zero-order valence-corrected chi connectivity index (χ0v) is 23.6. The summed E-state index contributed by atoms with van der Waals surface area (Å²) >= 11 is 0. The highest BCUT2D eigenvalue weighted by atomic mass is 15.1. The van der Waals surface area contributed by atoms with Crippen LogP contribution in [0.15, 0.2) is 170 Å². The summed E-state index contributed by atoms with van der Waals surface area (Å²) < 4.78 is 0. The Morgan fingerprint density at radius 1 is 0.310 bits per heavy atom. The van der Waals surface area contributed by atoms with Gasteiger partial charge in [-0.2, -0.15) is 0 Å². The molecule has 0 aliphatic rings. The minimum absolute atomic E-state index is 1.12. The van der Waals surface area contributed by atoms with Gasteiger partial charge in [-0.15, -0.1) is 0 Å². The fraction of sp³-hybridized carbons (Fsp3) is 0.0244. The van der Waals surface area contributed by atoms with Crippen molar-refractivity contribution in [3.05, 3.63) is 175 Å². The summed E-state index contributed by atoms with van der Waals surface area (Å²) in [5.41, 5.74) is 11.9. The van der Waals surface area contributed by atoms with Crippen LogP contribution in [0.4, 0.5) is 17.1 Å². The normalized spacial score (nSPS) is 11.0. The summed E-state index contributed by atoms with van der Waals surface area (Å²) in [7, 11) is 0. The number of anilines is 3. The lowest BCUT2D eigenvalue weighted by Crippen LogP contribution is -2.09. The minimum Gasteiger partial charge on any atom is -0.311 e. The van der Waals surface area contributed by atoms with Crippen molar-refractivity contribution in [3.63, 3.8) is 0 Å². The van der Waals surface area contributed by atoms with E-state index in [1.807, 2.05) is 0 Å². The van der Waals surface area contributed by atoms with E-state index in [1.165, 1.54) is 49.7 Å². The molecule has 0 bridgehead atoms. The molecule has 1 heteroatoms. The summed E-state index contributed by atoms with van der Waals surface area (Å²) in [6, 6.07) is 61.1. The van der Waals surface area contributed by atoms with Crippen LogP contribution in [0, 0.1) is 6.92 Å². The highest BCUT2D eigenvalue weighted by Crippen LogP contribution is 2.38. The molecule has 0 N–H and O–H groups in total. The van der Waals surface area contributed by atoms with E-state index in [-0.39, 0.29) is 0 Å². The highest BCUT2D eigenvalue weighted by Gasteiger charge is 2.14. The van der Waals surface area contributed by atoms with Crippen LogP contribution in [0.1, 0.15) is 5.56 Å².